The summed E-state index contributed by atoms with van der Waals surface area (Å²) < 4.78 is 10.4. The van der Waals surface area contributed by atoms with Crippen LogP contribution in [-0.2, 0) is 4.79 Å². The average Bonchev–Trinajstić information content (AvgIpc) is 2.61. The van der Waals surface area contributed by atoms with E-state index in [0.717, 1.165) is 0 Å². The van der Waals surface area contributed by atoms with E-state index in [1.807, 2.05) is 13.0 Å². The topological polar surface area (TPSA) is 91.6 Å². The highest BCUT2D eigenvalue weighted by Crippen LogP contribution is 2.27. The molecule has 0 fully saturated rings. The van der Waals surface area contributed by atoms with Gasteiger partial charge in [-0.25, -0.2) is 0 Å². The zero-order valence-electron chi connectivity index (χ0n) is 13.9. The fourth-order valence-electron chi connectivity index (χ4n) is 2.13. The number of phenols is 1. The molecule has 0 spiro atoms. The van der Waals surface area contributed by atoms with E-state index in [-0.39, 0.29) is 17.1 Å². The quantitative estimate of drug-likeness (QED) is 0.622. The second kappa shape index (κ2) is 8.41. The summed E-state index contributed by atoms with van der Waals surface area (Å²) in [5.41, 5.74) is 1.01. The van der Waals surface area contributed by atoms with Crippen LogP contribution in [0.1, 0.15) is 12.5 Å². The molecule has 0 unspecified atom stereocenters. The first kappa shape index (κ1) is 17.9. The summed E-state index contributed by atoms with van der Waals surface area (Å²) in [6, 6.07) is 13.3. The Morgan fingerprint density at radius 3 is 2.80 bits per heavy atom. The van der Waals surface area contributed by atoms with E-state index in [2.05, 4.69) is 5.32 Å². The Morgan fingerprint density at radius 1 is 1.32 bits per heavy atom. The van der Waals surface area contributed by atoms with E-state index in [1.165, 1.54) is 25.3 Å². The van der Waals surface area contributed by atoms with Gasteiger partial charge in [0.15, 0.2) is 11.5 Å². The number of aromatic hydroxyl groups is 1. The molecule has 0 saturated carbocycles. The summed E-state index contributed by atoms with van der Waals surface area (Å²) in [5.74, 6) is 0.334. The molecule has 2 rings (SSSR count). The molecule has 6 heteroatoms. The third kappa shape index (κ3) is 4.75. The summed E-state index contributed by atoms with van der Waals surface area (Å²) in [4.78, 5) is 12.3. The minimum absolute atomic E-state index is 0.0182. The number of rotatable bonds is 6. The Morgan fingerprint density at radius 2 is 2.12 bits per heavy atom. The Kier molecular flexibility index (Phi) is 6.02. The van der Waals surface area contributed by atoms with Gasteiger partial charge in [0.05, 0.1) is 13.7 Å². The third-order valence-corrected chi connectivity index (χ3v) is 3.28. The van der Waals surface area contributed by atoms with Gasteiger partial charge in [-0.05, 0) is 42.8 Å². The van der Waals surface area contributed by atoms with Crippen LogP contribution in [0.5, 0.6) is 17.2 Å². The van der Waals surface area contributed by atoms with Gasteiger partial charge in [0, 0.05) is 11.8 Å². The minimum Gasteiger partial charge on any atom is -0.504 e. The molecule has 0 aliphatic heterocycles. The number of anilines is 1. The highest BCUT2D eigenvalue weighted by atomic mass is 16.5. The number of carbonyl (C=O) groups excluding carboxylic acids is 1. The number of nitriles is 1. The molecule has 2 aromatic carbocycles. The Labute approximate surface area is 145 Å². The van der Waals surface area contributed by atoms with E-state index in [9.17, 15) is 15.2 Å². The number of amides is 1. The van der Waals surface area contributed by atoms with Crippen molar-refractivity contribution in [2.75, 3.05) is 19.0 Å². The van der Waals surface area contributed by atoms with Gasteiger partial charge in [0.2, 0.25) is 0 Å². The standard InChI is InChI=1S/C19H18N2O4/c1-3-25-16-6-4-5-15(11-16)21-19(23)14(12-20)9-13-7-8-17(22)18(10-13)24-2/h4-11,22H,3H2,1-2H3,(H,21,23)/b14-9-. The van der Waals surface area contributed by atoms with Crippen LogP contribution < -0.4 is 14.8 Å². The van der Waals surface area contributed by atoms with E-state index < -0.39 is 5.91 Å². The SMILES string of the molecule is CCOc1cccc(NC(=O)/C(C#N)=C\c2ccc(O)c(OC)c2)c1. The Hall–Kier alpha value is -3.46. The lowest BCUT2D eigenvalue weighted by atomic mass is 10.1. The fraction of sp³-hybridized carbons (Fsp3) is 0.158. The van der Waals surface area contributed by atoms with Crippen molar-refractivity contribution in [2.24, 2.45) is 0 Å². The first-order valence-corrected chi connectivity index (χ1v) is 7.60. The molecule has 0 aromatic heterocycles. The highest BCUT2D eigenvalue weighted by molar-refractivity contribution is 6.09. The lowest BCUT2D eigenvalue weighted by Gasteiger charge is -2.08. The molecule has 6 nitrogen and oxygen atoms in total. The summed E-state index contributed by atoms with van der Waals surface area (Å²) in [6.07, 6.45) is 1.42. The van der Waals surface area contributed by atoms with Crippen LogP contribution in [0.25, 0.3) is 6.08 Å². The van der Waals surface area contributed by atoms with Crippen LogP contribution >= 0.6 is 0 Å². The van der Waals surface area contributed by atoms with Crippen molar-refractivity contribution in [3.05, 3.63) is 53.6 Å². The number of benzene rings is 2. The lowest BCUT2D eigenvalue weighted by molar-refractivity contribution is -0.112. The van der Waals surface area contributed by atoms with Gasteiger partial charge in [0.1, 0.15) is 17.4 Å². The minimum atomic E-state index is -0.539. The predicted molar refractivity (Wildman–Crippen MR) is 94.5 cm³/mol. The van der Waals surface area contributed by atoms with Crippen molar-refractivity contribution < 1.29 is 19.4 Å². The van der Waals surface area contributed by atoms with Crippen LogP contribution in [-0.4, -0.2) is 24.7 Å². The molecule has 128 valence electrons. The molecular weight excluding hydrogens is 320 g/mol. The van der Waals surface area contributed by atoms with E-state index in [0.29, 0.717) is 23.6 Å². The predicted octanol–water partition coefficient (Wildman–Crippen LogP) is 3.35. The maximum Gasteiger partial charge on any atom is 0.266 e. The number of phenolic OH excluding ortho intramolecular Hbond substituents is 1. The van der Waals surface area contributed by atoms with Crippen molar-refractivity contribution in [3.8, 4) is 23.3 Å². The highest BCUT2D eigenvalue weighted by Gasteiger charge is 2.11. The number of carbonyl (C=O) groups is 1. The van der Waals surface area contributed by atoms with E-state index in [4.69, 9.17) is 9.47 Å². The van der Waals surface area contributed by atoms with Gasteiger partial charge < -0.3 is 19.9 Å². The van der Waals surface area contributed by atoms with Crippen molar-refractivity contribution in [2.45, 2.75) is 6.92 Å². The molecule has 0 bridgehead atoms. The zero-order valence-corrected chi connectivity index (χ0v) is 13.9. The van der Waals surface area contributed by atoms with Crippen LogP contribution in [0.4, 0.5) is 5.69 Å². The first-order chi connectivity index (χ1) is 12.1. The number of nitrogens with one attached hydrogen (secondary N) is 1. The lowest BCUT2D eigenvalue weighted by Crippen LogP contribution is -2.13. The van der Waals surface area contributed by atoms with Crippen LogP contribution in [0.3, 0.4) is 0 Å². The van der Waals surface area contributed by atoms with Gasteiger partial charge in [-0.15, -0.1) is 0 Å². The van der Waals surface area contributed by atoms with Gasteiger partial charge in [-0.1, -0.05) is 12.1 Å². The van der Waals surface area contributed by atoms with Gasteiger partial charge in [-0.3, -0.25) is 4.79 Å². The molecule has 0 aliphatic carbocycles. The molecule has 1 amide bonds. The molecule has 2 N–H and O–H groups in total. The normalized spacial score (nSPS) is 10.7. The molecular formula is C19H18N2O4. The van der Waals surface area contributed by atoms with Crippen LogP contribution in [0.15, 0.2) is 48.0 Å². The summed E-state index contributed by atoms with van der Waals surface area (Å²) in [6.45, 7) is 2.39. The number of hydrogen-bond acceptors (Lipinski definition) is 5. The molecule has 0 heterocycles. The maximum atomic E-state index is 12.3. The molecule has 2 aromatic rings. The van der Waals surface area contributed by atoms with Crippen molar-refractivity contribution in [3.63, 3.8) is 0 Å². The second-order valence-electron chi connectivity index (χ2n) is 5.02. The molecule has 0 saturated heterocycles. The Bertz CT molecular complexity index is 838. The molecule has 25 heavy (non-hydrogen) atoms. The molecule has 0 aliphatic rings. The first-order valence-electron chi connectivity index (χ1n) is 7.60. The monoisotopic (exact) mass is 338 g/mol. The average molecular weight is 338 g/mol. The van der Waals surface area contributed by atoms with Gasteiger partial charge >= 0.3 is 0 Å². The summed E-state index contributed by atoms with van der Waals surface area (Å²) >= 11 is 0. The summed E-state index contributed by atoms with van der Waals surface area (Å²) in [7, 11) is 1.42. The largest absolute Gasteiger partial charge is 0.504 e. The third-order valence-electron chi connectivity index (χ3n) is 3.28. The molecule has 0 atom stereocenters. The maximum absolute atomic E-state index is 12.3. The van der Waals surface area contributed by atoms with Crippen LogP contribution in [0, 0.1) is 11.3 Å². The number of hydrogen-bond donors (Lipinski definition) is 2. The summed E-state index contributed by atoms with van der Waals surface area (Å²) in [5, 5.41) is 21.5. The van der Waals surface area contributed by atoms with E-state index >= 15 is 0 Å². The van der Waals surface area contributed by atoms with E-state index in [1.54, 1.807) is 30.3 Å². The number of ether oxygens (including phenoxy) is 2. The fourth-order valence-corrected chi connectivity index (χ4v) is 2.13. The number of nitrogens with zero attached hydrogens (tertiary/aromatic N) is 1. The Balaban J connectivity index is 2.21. The molecule has 0 radical (unpaired) electrons. The second-order valence-corrected chi connectivity index (χ2v) is 5.02. The van der Waals surface area contributed by atoms with Gasteiger partial charge in [-0.2, -0.15) is 5.26 Å². The smallest absolute Gasteiger partial charge is 0.266 e. The zero-order chi connectivity index (χ0) is 18.2. The van der Waals surface area contributed by atoms with Crippen molar-refractivity contribution >= 4 is 17.7 Å². The number of methoxy groups -OCH3 is 1. The van der Waals surface area contributed by atoms with Gasteiger partial charge in [0.25, 0.3) is 5.91 Å². The van der Waals surface area contributed by atoms with Crippen molar-refractivity contribution in [1.29, 1.82) is 5.26 Å². The van der Waals surface area contributed by atoms with Crippen molar-refractivity contribution in [1.82, 2.24) is 0 Å². The van der Waals surface area contributed by atoms with Crippen LogP contribution in [0.2, 0.25) is 0 Å².